The zero-order chi connectivity index (χ0) is 22.3. The number of halogens is 1. The third-order valence-corrected chi connectivity index (χ3v) is 6.38. The lowest BCUT2D eigenvalue weighted by Gasteiger charge is -2.23. The van der Waals surface area contributed by atoms with Crippen LogP contribution in [0.4, 0.5) is 0 Å². The molecule has 0 aromatic heterocycles. The van der Waals surface area contributed by atoms with Gasteiger partial charge in [0.2, 0.25) is 0 Å². The van der Waals surface area contributed by atoms with Gasteiger partial charge < -0.3 is 9.64 Å². The van der Waals surface area contributed by atoms with E-state index < -0.39 is 0 Å². The van der Waals surface area contributed by atoms with Gasteiger partial charge in [0.05, 0.1) is 0 Å². The van der Waals surface area contributed by atoms with Crippen LogP contribution in [0.25, 0.3) is 10.8 Å². The summed E-state index contributed by atoms with van der Waals surface area (Å²) in [5, 5.41) is 3.12. The summed E-state index contributed by atoms with van der Waals surface area (Å²) in [4.78, 5) is 2.38. The van der Waals surface area contributed by atoms with Crippen molar-refractivity contribution in [2.24, 2.45) is 0 Å². The summed E-state index contributed by atoms with van der Waals surface area (Å²) in [6.07, 6.45) is 0. The second kappa shape index (κ2) is 10.7. The van der Waals surface area contributed by atoms with Crippen LogP contribution in [0, 0.1) is 0 Å². The van der Waals surface area contributed by atoms with Gasteiger partial charge in [0, 0.05) is 22.9 Å². The van der Waals surface area contributed by atoms with Crippen LogP contribution in [0.15, 0.2) is 91.0 Å². The van der Waals surface area contributed by atoms with Crippen LogP contribution in [-0.4, -0.2) is 31.1 Å². The van der Waals surface area contributed by atoms with Gasteiger partial charge in [0.1, 0.15) is 12.4 Å². The van der Waals surface area contributed by atoms with E-state index in [0.717, 1.165) is 35.8 Å². The van der Waals surface area contributed by atoms with Crippen LogP contribution >= 0.6 is 11.6 Å². The summed E-state index contributed by atoms with van der Waals surface area (Å²) in [7, 11) is 0. The van der Waals surface area contributed by atoms with Gasteiger partial charge in [-0.1, -0.05) is 98.2 Å². The van der Waals surface area contributed by atoms with Crippen LogP contribution in [0.2, 0.25) is 5.02 Å². The van der Waals surface area contributed by atoms with Gasteiger partial charge in [-0.2, -0.15) is 0 Å². The summed E-state index contributed by atoms with van der Waals surface area (Å²) in [6.45, 7) is 8.08. The van der Waals surface area contributed by atoms with Crippen molar-refractivity contribution in [3.8, 4) is 5.75 Å². The van der Waals surface area contributed by atoms with E-state index >= 15 is 0 Å². The Morgan fingerprint density at radius 2 is 1.34 bits per heavy atom. The molecule has 0 N–H and O–H groups in total. The number of likely N-dealkylation sites (N-methyl/N-ethyl adjacent to an activating group) is 1. The molecule has 0 heterocycles. The van der Waals surface area contributed by atoms with Gasteiger partial charge in [-0.05, 0) is 53.4 Å². The van der Waals surface area contributed by atoms with Crippen LogP contribution in [0.5, 0.6) is 5.75 Å². The van der Waals surface area contributed by atoms with Crippen molar-refractivity contribution in [3.05, 3.63) is 113 Å². The Kier molecular flexibility index (Phi) is 7.47. The fourth-order valence-electron chi connectivity index (χ4n) is 4.35. The molecule has 0 aliphatic heterocycles. The topological polar surface area (TPSA) is 12.5 Å². The Balaban J connectivity index is 1.76. The van der Waals surface area contributed by atoms with Crippen molar-refractivity contribution in [1.29, 1.82) is 0 Å². The molecule has 0 amide bonds. The summed E-state index contributed by atoms with van der Waals surface area (Å²) in [5.74, 6) is 1.06. The molecular weight excluding hydrogens is 414 g/mol. The lowest BCUT2D eigenvalue weighted by Crippen LogP contribution is -2.27. The second-order valence-electron chi connectivity index (χ2n) is 7.97. The number of hydrogen-bond acceptors (Lipinski definition) is 2. The van der Waals surface area contributed by atoms with Crippen LogP contribution in [0.3, 0.4) is 0 Å². The van der Waals surface area contributed by atoms with E-state index in [2.05, 4.69) is 97.6 Å². The Labute approximate surface area is 196 Å². The highest BCUT2D eigenvalue weighted by Gasteiger charge is 2.20. The van der Waals surface area contributed by atoms with Gasteiger partial charge in [-0.25, -0.2) is 0 Å². The highest BCUT2D eigenvalue weighted by Crippen LogP contribution is 2.39. The molecule has 1 atom stereocenters. The molecule has 2 nitrogen and oxygen atoms in total. The highest BCUT2D eigenvalue weighted by molar-refractivity contribution is 6.30. The number of hydrogen-bond donors (Lipinski definition) is 0. The summed E-state index contributed by atoms with van der Waals surface area (Å²) in [6, 6.07) is 31.8. The third kappa shape index (κ3) is 4.98. The highest BCUT2D eigenvalue weighted by atomic mass is 35.5. The minimum Gasteiger partial charge on any atom is -0.492 e. The van der Waals surface area contributed by atoms with E-state index in [-0.39, 0.29) is 5.92 Å². The predicted molar refractivity (Wildman–Crippen MR) is 136 cm³/mol. The van der Waals surface area contributed by atoms with Crippen molar-refractivity contribution in [2.75, 3.05) is 26.2 Å². The fraction of sp³-hybridized carbons (Fsp3) is 0.241. The van der Waals surface area contributed by atoms with Crippen molar-refractivity contribution < 1.29 is 4.74 Å². The monoisotopic (exact) mass is 443 g/mol. The summed E-state index contributed by atoms with van der Waals surface area (Å²) < 4.78 is 6.26. The van der Waals surface area contributed by atoms with Crippen LogP contribution in [-0.2, 0) is 0 Å². The van der Waals surface area contributed by atoms with Gasteiger partial charge in [0.15, 0.2) is 0 Å². The maximum Gasteiger partial charge on any atom is 0.127 e. The molecule has 0 aliphatic rings. The Morgan fingerprint density at radius 1 is 0.719 bits per heavy atom. The van der Waals surface area contributed by atoms with Gasteiger partial charge in [-0.3, -0.25) is 0 Å². The maximum atomic E-state index is 6.26. The van der Waals surface area contributed by atoms with Crippen molar-refractivity contribution >= 4 is 22.4 Å². The zero-order valence-corrected chi connectivity index (χ0v) is 19.6. The summed E-state index contributed by atoms with van der Waals surface area (Å²) in [5.41, 5.74) is 3.75. The first-order valence-corrected chi connectivity index (χ1v) is 11.8. The average molecular weight is 444 g/mol. The largest absolute Gasteiger partial charge is 0.492 e. The van der Waals surface area contributed by atoms with Crippen molar-refractivity contribution in [3.63, 3.8) is 0 Å². The second-order valence-corrected chi connectivity index (χ2v) is 8.41. The van der Waals surface area contributed by atoms with Crippen LogP contribution < -0.4 is 4.74 Å². The molecule has 32 heavy (non-hydrogen) atoms. The van der Waals surface area contributed by atoms with Gasteiger partial charge in [0.25, 0.3) is 0 Å². The van der Waals surface area contributed by atoms with E-state index in [0.29, 0.717) is 6.61 Å². The Bertz CT molecular complexity index is 1140. The van der Waals surface area contributed by atoms with E-state index in [1.54, 1.807) is 0 Å². The normalized spacial score (nSPS) is 12.2. The van der Waals surface area contributed by atoms with Crippen molar-refractivity contribution in [1.82, 2.24) is 4.90 Å². The molecule has 0 aliphatic carbocycles. The molecule has 0 saturated heterocycles. The molecule has 164 valence electrons. The lowest BCUT2D eigenvalue weighted by atomic mass is 9.83. The number of nitrogens with zero attached hydrogens (tertiary/aromatic N) is 1. The molecule has 0 spiro atoms. The van der Waals surface area contributed by atoms with E-state index in [9.17, 15) is 0 Å². The van der Waals surface area contributed by atoms with E-state index in [1.807, 2.05) is 12.1 Å². The first-order valence-electron chi connectivity index (χ1n) is 11.4. The molecule has 4 aromatic carbocycles. The molecule has 3 heteroatoms. The molecule has 0 radical (unpaired) electrons. The standard InChI is InChI=1S/C29H30ClNO/c1-3-31(4-2)20-21-32-28-19-18-27(25-12-8-9-13-26(25)28)29(22-10-6-5-7-11-22)23-14-16-24(30)17-15-23/h5-19,29H,3-4,20-21H2,1-2H3. The first kappa shape index (κ1) is 22.4. The minimum atomic E-state index is 0.114. The SMILES string of the molecule is CCN(CC)CCOc1ccc(C(c2ccccc2)c2ccc(Cl)cc2)c2ccccc12. The Morgan fingerprint density at radius 3 is 2.03 bits per heavy atom. The fourth-order valence-corrected chi connectivity index (χ4v) is 4.48. The molecule has 0 bridgehead atoms. The third-order valence-electron chi connectivity index (χ3n) is 6.12. The predicted octanol–water partition coefficient (Wildman–Crippen LogP) is 7.39. The van der Waals surface area contributed by atoms with Crippen LogP contribution in [0.1, 0.15) is 36.5 Å². The number of fused-ring (bicyclic) bond motifs is 1. The zero-order valence-electron chi connectivity index (χ0n) is 18.8. The van der Waals surface area contributed by atoms with Crippen molar-refractivity contribution in [2.45, 2.75) is 19.8 Å². The van der Waals surface area contributed by atoms with E-state index in [4.69, 9.17) is 16.3 Å². The first-order chi connectivity index (χ1) is 15.7. The quantitative estimate of drug-likeness (QED) is 0.250. The van der Waals surface area contributed by atoms with Gasteiger partial charge in [-0.15, -0.1) is 0 Å². The van der Waals surface area contributed by atoms with E-state index in [1.165, 1.54) is 22.1 Å². The number of rotatable bonds is 9. The summed E-state index contributed by atoms with van der Waals surface area (Å²) >= 11 is 6.20. The average Bonchev–Trinajstić information content (AvgIpc) is 2.85. The molecule has 1 unspecified atom stereocenters. The van der Waals surface area contributed by atoms with Gasteiger partial charge >= 0.3 is 0 Å². The molecule has 0 fully saturated rings. The number of benzene rings is 4. The smallest absolute Gasteiger partial charge is 0.127 e. The Hall–Kier alpha value is -2.81. The molecular formula is C29H30ClNO. The maximum absolute atomic E-state index is 6.26. The molecule has 0 saturated carbocycles. The number of ether oxygens (including phenoxy) is 1. The molecule has 4 aromatic rings. The minimum absolute atomic E-state index is 0.114. The molecule has 4 rings (SSSR count). The lowest BCUT2D eigenvalue weighted by molar-refractivity contribution is 0.224.